The van der Waals surface area contributed by atoms with Crippen LogP contribution in [0.25, 0.3) is 11.3 Å². The van der Waals surface area contributed by atoms with Gasteiger partial charge in [0.25, 0.3) is 5.91 Å². The summed E-state index contributed by atoms with van der Waals surface area (Å²) in [6.45, 7) is 2.21. The number of carbonyl (C=O) groups excluding carboxylic acids is 2. The summed E-state index contributed by atoms with van der Waals surface area (Å²) in [5.41, 5.74) is 3.47. The van der Waals surface area contributed by atoms with Crippen molar-refractivity contribution in [3.05, 3.63) is 75.3 Å². The molecule has 2 aromatic heterocycles. The van der Waals surface area contributed by atoms with Crippen LogP contribution in [0.5, 0.6) is 0 Å². The lowest BCUT2D eigenvalue weighted by Crippen LogP contribution is -2.24. The van der Waals surface area contributed by atoms with Crippen molar-refractivity contribution in [1.29, 1.82) is 0 Å². The zero-order valence-corrected chi connectivity index (χ0v) is 21.6. The van der Waals surface area contributed by atoms with Crippen LogP contribution in [-0.2, 0) is 18.4 Å². The SMILES string of the molecule is Cc1ccc(C(=O)NCc2nnc(SCC(=O)Nc3nc(-c4ccc(Br)cc4)cs3)n2C)cc1. The Kier molecular flexibility index (Phi) is 7.76. The number of hydrogen-bond donors (Lipinski definition) is 2. The first-order valence-corrected chi connectivity index (χ1v) is 12.9. The Balaban J connectivity index is 1.28. The molecule has 0 atom stereocenters. The van der Waals surface area contributed by atoms with E-state index in [2.05, 4.69) is 41.7 Å². The molecule has 8 nitrogen and oxygen atoms in total. The van der Waals surface area contributed by atoms with E-state index in [1.165, 1.54) is 23.1 Å². The van der Waals surface area contributed by atoms with Crippen LogP contribution >= 0.6 is 39.0 Å². The Bertz CT molecular complexity index is 1300. The molecular weight excluding hydrogens is 536 g/mol. The Morgan fingerprint density at radius 3 is 2.56 bits per heavy atom. The van der Waals surface area contributed by atoms with Gasteiger partial charge in [0.15, 0.2) is 16.1 Å². The van der Waals surface area contributed by atoms with Crippen molar-refractivity contribution < 1.29 is 9.59 Å². The summed E-state index contributed by atoms with van der Waals surface area (Å²) < 4.78 is 2.76. The van der Waals surface area contributed by atoms with E-state index in [0.29, 0.717) is 21.7 Å². The first-order chi connectivity index (χ1) is 16.4. The molecule has 4 rings (SSSR count). The van der Waals surface area contributed by atoms with Crippen molar-refractivity contribution in [2.24, 2.45) is 7.05 Å². The second-order valence-electron chi connectivity index (χ2n) is 7.39. The molecule has 0 radical (unpaired) electrons. The van der Waals surface area contributed by atoms with Crippen LogP contribution in [0.2, 0.25) is 0 Å². The fraction of sp³-hybridized carbons (Fsp3) is 0.174. The Morgan fingerprint density at radius 1 is 1.09 bits per heavy atom. The number of aromatic nitrogens is 4. The van der Waals surface area contributed by atoms with Crippen LogP contribution in [0.15, 0.2) is 63.5 Å². The molecule has 2 heterocycles. The highest BCUT2D eigenvalue weighted by Gasteiger charge is 2.14. The van der Waals surface area contributed by atoms with Gasteiger partial charge in [-0.15, -0.1) is 21.5 Å². The summed E-state index contributed by atoms with van der Waals surface area (Å²) in [5.74, 6) is 0.401. The minimum Gasteiger partial charge on any atom is -0.345 e. The maximum absolute atomic E-state index is 12.4. The molecule has 4 aromatic rings. The number of rotatable bonds is 8. The van der Waals surface area contributed by atoms with Gasteiger partial charge in [-0.25, -0.2) is 4.98 Å². The second-order valence-corrected chi connectivity index (χ2v) is 10.1. The average molecular weight is 557 g/mol. The maximum Gasteiger partial charge on any atom is 0.251 e. The molecule has 174 valence electrons. The Hall–Kier alpha value is -3.02. The topological polar surface area (TPSA) is 102 Å². The van der Waals surface area contributed by atoms with Gasteiger partial charge in [-0.3, -0.25) is 9.59 Å². The first kappa shape index (κ1) is 24.1. The van der Waals surface area contributed by atoms with E-state index in [1.54, 1.807) is 23.7 Å². The molecule has 2 N–H and O–H groups in total. The zero-order valence-electron chi connectivity index (χ0n) is 18.4. The molecule has 0 saturated heterocycles. The van der Waals surface area contributed by atoms with Crippen molar-refractivity contribution in [2.75, 3.05) is 11.1 Å². The van der Waals surface area contributed by atoms with Crippen LogP contribution in [0.1, 0.15) is 21.7 Å². The highest BCUT2D eigenvalue weighted by atomic mass is 79.9. The van der Waals surface area contributed by atoms with E-state index in [9.17, 15) is 9.59 Å². The summed E-state index contributed by atoms with van der Waals surface area (Å²) in [5, 5.41) is 17.0. The van der Waals surface area contributed by atoms with Gasteiger partial charge in [0, 0.05) is 28.0 Å². The molecule has 2 aromatic carbocycles. The van der Waals surface area contributed by atoms with Crippen molar-refractivity contribution in [2.45, 2.75) is 18.6 Å². The molecule has 34 heavy (non-hydrogen) atoms. The van der Waals surface area contributed by atoms with Gasteiger partial charge in [-0.1, -0.05) is 57.5 Å². The lowest BCUT2D eigenvalue weighted by molar-refractivity contribution is -0.113. The predicted molar refractivity (Wildman–Crippen MR) is 138 cm³/mol. The quantitative estimate of drug-likeness (QED) is 0.306. The first-order valence-electron chi connectivity index (χ1n) is 10.3. The number of thioether (sulfide) groups is 1. The van der Waals surface area contributed by atoms with Gasteiger partial charge in [0.2, 0.25) is 5.91 Å². The lowest BCUT2D eigenvalue weighted by atomic mass is 10.1. The summed E-state index contributed by atoms with van der Waals surface area (Å²) in [7, 11) is 1.80. The number of nitrogens with zero attached hydrogens (tertiary/aromatic N) is 4. The van der Waals surface area contributed by atoms with Gasteiger partial charge >= 0.3 is 0 Å². The minimum absolute atomic E-state index is 0.162. The van der Waals surface area contributed by atoms with Crippen LogP contribution < -0.4 is 10.6 Å². The largest absolute Gasteiger partial charge is 0.345 e. The number of aryl methyl sites for hydroxylation is 1. The number of carbonyl (C=O) groups is 2. The van der Waals surface area contributed by atoms with Gasteiger partial charge in [0.1, 0.15) is 0 Å². The molecule has 0 aliphatic heterocycles. The molecule has 0 saturated carbocycles. The molecule has 0 fully saturated rings. The normalized spacial score (nSPS) is 10.8. The van der Waals surface area contributed by atoms with Crippen LogP contribution in [0, 0.1) is 6.92 Å². The van der Waals surface area contributed by atoms with Gasteiger partial charge in [-0.2, -0.15) is 0 Å². The van der Waals surface area contributed by atoms with Crippen molar-refractivity contribution in [3.63, 3.8) is 0 Å². The van der Waals surface area contributed by atoms with Gasteiger partial charge < -0.3 is 15.2 Å². The second kappa shape index (κ2) is 10.9. The molecule has 11 heteroatoms. The number of benzene rings is 2. The van der Waals surface area contributed by atoms with Gasteiger partial charge in [0.05, 0.1) is 18.0 Å². The summed E-state index contributed by atoms with van der Waals surface area (Å²) in [6, 6.07) is 15.2. The molecule has 0 bridgehead atoms. The number of amides is 2. The monoisotopic (exact) mass is 556 g/mol. The highest BCUT2D eigenvalue weighted by molar-refractivity contribution is 9.10. The lowest BCUT2D eigenvalue weighted by Gasteiger charge is -2.06. The molecule has 0 aliphatic rings. The maximum atomic E-state index is 12.4. The Labute approximate surface area is 213 Å². The third-order valence-electron chi connectivity index (χ3n) is 4.87. The van der Waals surface area contributed by atoms with E-state index in [1.807, 2.05) is 48.7 Å². The Morgan fingerprint density at radius 2 is 1.82 bits per heavy atom. The molecule has 2 amide bonds. The number of halogens is 1. The van der Waals surface area contributed by atoms with E-state index < -0.39 is 0 Å². The smallest absolute Gasteiger partial charge is 0.251 e. The summed E-state index contributed by atoms with van der Waals surface area (Å²) in [6.07, 6.45) is 0. The fourth-order valence-corrected chi connectivity index (χ4v) is 4.69. The number of nitrogens with one attached hydrogen (secondary N) is 2. The third-order valence-corrected chi connectivity index (χ3v) is 7.18. The summed E-state index contributed by atoms with van der Waals surface area (Å²) in [4.78, 5) is 29.2. The highest BCUT2D eigenvalue weighted by Crippen LogP contribution is 2.26. The molecule has 0 spiro atoms. The van der Waals surface area contributed by atoms with E-state index >= 15 is 0 Å². The van der Waals surface area contributed by atoms with Crippen LogP contribution in [0.4, 0.5) is 5.13 Å². The van der Waals surface area contributed by atoms with Crippen LogP contribution in [-0.4, -0.2) is 37.3 Å². The van der Waals surface area contributed by atoms with E-state index in [4.69, 9.17) is 0 Å². The minimum atomic E-state index is -0.182. The average Bonchev–Trinajstić information content (AvgIpc) is 3.43. The number of thiazole rings is 1. The predicted octanol–water partition coefficient (Wildman–Crippen LogP) is 4.67. The number of hydrogen-bond acceptors (Lipinski definition) is 7. The van der Waals surface area contributed by atoms with Gasteiger partial charge in [-0.05, 0) is 31.2 Å². The van der Waals surface area contributed by atoms with E-state index in [-0.39, 0.29) is 24.1 Å². The standard InChI is InChI=1S/C23H21BrN6O2S2/c1-14-3-5-16(6-4-14)21(32)25-11-19-28-29-23(30(19)2)34-13-20(31)27-22-26-18(12-33-22)15-7-9-17(24)10-8-15/h3-10,12H,11,13H2,1-2H3,(H,25,32)(H,26,27,31). The fourth-order valence-electron chi connectivity index (χ4n) is 2.96. The number of anilines is 1. The van der Waals surface area contributed by atoms with Crippen molar-refractivity contribution >= 4 is 56.0 Å². The van der Waals surface area contributed by atoms with Crippen LogP contribution in [0.3, 0.4) is 0 Å². The van der Waals surface area contributed by atoms with E-state index in [0.717, 1.165) is 21.3 Å². The van der Waals surface area contributed by atoms with Crippen molar-refractivity contribution in [3.8, 4) is 11.3 Å². The molecular formula is C23H21BrN6O2S2. The third kappa shape index (κ3) is 6.10. The van der Waals surface area contributed by atoms with Crippen molar-refractivity contribution in [1.82, 2.24) is 25.1 Å². The summed E-state index contributed by atoms with van der Waals surface area (Å²) >= 11 is 6.06. The molecule has 0 unspecified atom stereocenters. The zero-order chi connectivity index (χ0) is 24.1. The molecule has 0 aliphatic carbocycles.